The van der Waals surface area contributed by atoms with Crippen LogP contribution in [-0.2, 0) is 6.54 Å². The van der Waals surface area contributed by atoms with Crippen molar-refractivity contribution in [1.29, 1.82) is 0 Å². The van der Waals surface area contributed by atoms with Gasteiger partial charge in [0.15, 0.2) is 0 Å². The summed E-state index contributed by atoms with van der Waals surface area (Å²) in [6, 6.07) is 8.15. The maximum atomic E-state index is 11.5. The molecule has 0 aromatic heterocycles. The monoisotopic (exact) mass is 313 g/mol. The zero-order chi connectivity index (χ0) is 12.3. The minimum atomic E-state index is -0.374. The Kier molecular flexibility index (Phi) is 4.24. The van der Waals surface area contributed by atoms with E-state index in [0.717, 1.165) is 22.9 Å². The summed E-state index contributed by atoms with van der Waals surface area (Å²) >= 11 is 9.05. The summed E-state index contributed by atoms with van der Waals surface area (Å²) in [5, 5.41) is -0.374. The zero-order valence-corrected chi connectivity index (χ0v) is 11.6. The van der Waals surface area contributed by atoms with Gasteiger partial charge in [-0.3, -0.25) is 4.79 Å². The minimum Gasteiger partial charge on any atom is -0.321 e. The van der Waals surface area contributed by atoms with Gasteiger partial charge in [0, 0.05) is 17.1 Å². The first kappa shape index (κ1) is 12.7. The lowest BCUT2D eigenvalue weighted by Gasteiger charge is -2.26. The fourth-order valence-electron chi connectivity index (χ4n) is 1.98. The van der Waals surface area contributed by atoms with E-state index in [0.29, 0.717) is 6.54 Å². The second-order valence-corrected chi connectivity index (χ2v) is 5.34. The van der Waals surface area contributed by atoms with E-state index in [9.17, 15) is 4.79 Å². The van der Waals surface area contributed by atoms with Crippen molar-refractivity contribution >= 4 is 32.9 Å². The predicted molar refractivity (Wildman–Crippen MR) is 73.1 cm³/mol. The van der Waals surface area contributed by atoms with Crippen molar-refractivity contribution in [2.24, 2.45) is 0 Å². The highest BCUT2D eigenvalue weighted by atomic mass is 79.9. The Labute approximate surface area is 114 Å². The predicted octanol–water partition coefficient (Wildman–Crippen LogP) is 4.33. The summed E-state index contributed by atoms with van der Waals surface area (Å²) in [5.41, 5.74) is 1.09. The van der Waals surface area contributed by atoms with Gasteiger partial charge in [-0.15, -0.1) is 0 Å². The van der Waals surface area contributed by atoms with E-state index in [-0.39, 0.29) is 11.4 Å². The van der Waals surface area contributed by atoms with Gasteiger partial charge in [0.1, 0.15) is 0 Å². The fraction of sp³-hybridized carbons (Fsp3) is 0.308. The maximum absolute atomic E-state index is 11.5. The lowest BCUT2D eigenvalue weighted by molar-refractivity contribution is 0.197. The van der Waals surface area contributed by atoms with Gasteiger partial charge in [-0.05, 0) is 42.1 Å². The zero-order valence-electron chi connectivity index (χ0n) is 9.27. The van der Waals surface area contributed by atoms with Crippen molar-refractivity contribution in [3.63, 3.8) is 0 Å². The molecule has 0 atom stereocenters. The average Bonchev–Trinajstić information content (AvgIpc) is 2.81. The summed E-state index contributed by atoms with van der Waals surface area (Å²) in [4.78, 5) is 13.2. The molecule has 0 saturated heterocycles. The van der Waals surface area contributed by atoms with Crippen molar-refractivity contribution < 1.29 is 4.79 Å². The van der Waals surface area contributed by atoms with Gasteiger partial charge in [0.25, 0.3) is 0 Å². The number of halogens is 2. The molecule has 1 amide bonds. The third-order valence-corrected chi connectivity index (χ3v) is 3.66. The van der Waals surface area contributed by atoms with Gasteiger partial charge >= 0.3 is 5.37 Å². The number of hydrogen-bond acceptors (Lipinski definition) is 1. The lowest BCUT2D eigenvalue weighted by Crippen LogP contribution is -2.34. The van der Waals surface area contributed by atoms with Crippen LogP contribution >= 0.6 is 27.5 Å². The molecule has 4 heteroatoms. The van der Waals surface area contributed by atoms with E-state index in [1.807, 2.05) is 24.3 Å². The third-order valence-electron chi connectivity index (χ3n) is 2.92. The van der Waals surface area contributed by atoms with Gasteiger partial charge in [-0.1, -0.05) is 40.2 Å². The highest BCUT2D eigenvalue weighted by Gasteiger charge is 2.22. The first-order valence-electron chi connectivity index (χ1n) is 5.52. The van der Waals surface area contributed by atoms with Crippen molar-refractivity contribution in [3.8, 4) is 0 Å². The van der Waals surface area contributed by atoms with Crippen LogP contribution in [0.15, 0.2) is 40.9 Å². The fourth-order valence-corrected chi connectivity index (χ4v) is 2.44. The molecule has 90 valence electrons. The highest BCUT2D eigenvalue weighted by molar-refractivity contribution is 9.10. The molecule has 0 N–H and O–H groups in total. The van der Waals surface area contributed by atoms with Crippen molar-refractivity contribution in [2.75, 3.05) is 0 Å². The topological polar surface area (TPSA) is 20.3 Å². The van der Waals surface area contributed by atoms with E-state index in [1.165, 1.54) is 0 Å². The Hall–Kier alpha value is -0.800. The molecule has 1 aromatic carbocycles. The standard InChI is InChI=1S/C13H13BrClNO/c14-11-7-5-10(6-8-11)9-16(13(15)17)12-3-1-2-4-12/h1-2,5-8,12H,3-4,9H2. The number of carbonyl (C=O) groups is 1. The van der Waals surface area contributed by atoms with Crippen LogP contribution in [0.5, 0.6) is 0 Å². The summed E-state index contributed by atoms with van der Waals surface area (Å²) in [6.45, 7) is 0.571. The first-order chi connectivity index (χ1) is 8.16. The molecule has 0 bridgehead atoms. The Balaban J connectivity index is 2.07. The van der Waals surface area contributed by atoms with Crippen LogP contribution in [0, 0.1) is 0 Å². The summed E-state index contributed by atoms with van der Waals surface area (Å²) < 4.78 is 1.03. The van der Waals surface area contributed by atoms with Gasteiger partial charge in [-0.25, -0.2) is 0 Å². The Morgan fingerprint density at radius 2 is 1.88 bits per heavy atom. The van der Waals surface area contributed by atoms with E-state index in [4.69, 9.17) is 11.6 Å². The molecule has 0 unspecified atom stereocenters. The summed E-state index contributed by atoms with van der Waals surface area (Å²) in [6.07, 6.45) is 5.99. The number of carbonyl (C=O) groups excluding carboxylic acids is 1. The number of hydrogen-bond donors (Lipinski definition) is 0. The summed E-state index contributed by atoms with van der Waals surface area (Å²) in [7, 11) is 0. The normalized spacial score (nSPS) is 15.2. The van der Waals surface area contributed by atoms with Crippen LogP contribution in [0.3, 0.4) is 0 Å². The number of nitrogens with zero attached hydrogens (tertiary/aromatic N) is 1. The molecule has 0 saturated carbocycles. The molecule has 0 radical (unpaired) electrons. The molecule has 2 rings (SSSR count). The van der Waals surface area contributed by atoms with E-state index < -0.39 is 0 Å². The quantitative estimate of drug-likeness (QED) is 0.462. The van der Waals surface area contributed by atoms with E-state index >= 15 is 0 Å². The molecule has 1 aromatic rings. The van der Waals surface area contributed by atoms with Crippen molar-refractivity contribution in [3.05, 3.63) is 46.5 Å². The SMILES string of the molecule is O=C(Cl)N(Cc1ccc(Br)cc1)C1CC=CC1. The Morgan fingerprint density at radius 1 is 1.29 bits per heavy atom. The lowest BCUT2D eigenvalue weighted by atomic mass is 10.1. The smallest absolute Gasteiger partial charge is 0.316 e. The maximum Gasteiger partial charge on any atom is 0.316 e. The third kappa shape index (κ3) is 3.33. The van der Waals surface area contributed by atoms with E-state index in [1.54, 1.807) is 4.90 Å². The minimum absolute atomic E-state index is 0.212. The number of benzene rings is 1. The van der Waals surface area contributed by atoms with Crippen molar-refractivity contribution in [2.45, 2.75) is 25.4 Å². The second kappa shape index (κ2) is 5.69. The van der Waals surface area contributed by atoms with Crippen LogP contribution in [0.4, 0.5) is 4.79 Å². The molecule has 0 spiro atoms. The molecule has 0 heterocycles. The van der Waals surface area contributed by atoms with Crippen LogP contribution in [0.2, 0.25) is 0 Å². The molecule has 0 aliphatic heterocycles. The number of rotatable bonds is 3. The molecule has 1 aliphatic rings. The van der Waals surface area contributed by atoms with Gasteiger partial charge in [-0.2, -0.15) is 0 Å². The highest BCUT2D eigenvalue weighted by Crippen LogP contribution is 2.22. The summed E-state index contributed by atoms with van der Waals surface area (Å²) in [5.74, 6) is 0. The van der Waals surface area contributed by atoms with Crippen LogP contribution in [0.1, 0.15) is 18.4 Å². The van der Waals surface area contributed by atoms with Gasteiger partial charge in [0.2, 0.25) is 0 Å². The Morgan fingerprint density at radius 3 is 2.41 bits per heavy atom. The van der Waals surface area contributed by atoms with E-state index in [2.05, 4.69) is 28.1 Å². The molecular formula is C13H13BrClNO. The van der Waals surface area contributed by atoms with Crippen LogP contribution in [-0.4, -0.2) is 16.3 Å². The molecule has 0 fully saturated rings. The Bertz CT molecular complexity index is 422. The molecular weight excluding hydrogens is 302 g/mol. The van der Waals surface area contributed by atoms with Gasteiger partial charge < -0.3 is 4.90 Å². The van der Waals surface area contributed by atoms with Gasteiger partial charge in [0.05, 0.1) is 0 Å². The first-order valence-corrected chi connectivity index (χ1v) is 6.69. The molecule has 17 heavy (non-hydrogen) atoms. The van der Waals surface area contributed by atoms with Crippen LogP contribution < -0.4 is 0 Å². The largest absolute Gasteiger partial charge is 0.321 e. The van der Waals surface area contributed by atoms with Crippen LogP contribution in [0.25, 0.3) is 0 Å². The second-order valence-electron chi connectivity index (χ2n) is 4.10. The number of amides is 1. The molecule has 2 nitrogen and oxygen atoms in total. The molecule has 1 aliphatic carbocycles. The van der Waals surface area contributed by atoms with Crippen molar-refractivity contribution in [1.82, 2.24) is 4.90 Å². The average molecular weight is 315 g/mol.